The van der Waals surface area contributed by atoms with E-state index in [1.54, 1.807) is 0 Å². The van der Waals surface area contributed by atoms with Crippen molar-refractivity contribution in [3.05, 3.63) is 0 Å². The second-order valence-corrected chi connectivity index (χ2v) is 7.90. The molecule has 0 nitrogen and oxygen atoms in total. The van der Waals surface area contributed by atoms with Crippen molar-refractivity contribution in [3.63, 3.8) is 0 Å². The normalized spacial score (nSPS) is 17.1. The third kappa shape index (κ3) is 10.5. The lowest BCUT2D eigenvalue weighted by molar-refractivity contribution is 0.648. The number of hydrogen-bond donors (Lipinski definition) is 0. The minimum atomic E-state index is -1.34. The van der Waals surface area contributed by atoms with Gasteiger partial charge in [-0.25, -0.2) is 0 Å². The summed E-state index contributed by atoms with van der Waals surface area (Å²) in [7, 11) is 0. The molecule has 0 spiro atoms. The number of rotatable bonds is 5. The Morgan fingerprint density at radius 1 is 0.786 bits per heavy atom. The summed E-state index contributed by atoms with van der Waals surface area (Å²) in [5.74, 6) is 0. The van der Waals surface area contributed by atoms with Gasteiger partial charge in [0.2, 0.25) is 0 Å². The summed E-state index contributed by atoms with van der Waals surface area (Å²) in [4.78, 5) is -0.492. The van der Waals surface area contributed by atoms with Crippen LogP contribution in [0.5, 0.6) is 0 Å². The van der Waals surface area contributed by atoms with Crippen LogP contribution in [0.25, 0.3) is 0 Å². The van der Waals surface area contributed by atoms with Crippen molar-refractivity contribution in [2.75, 3.05) is 0 Å². The van der Waals surface area contributed by atoms with Crippen LogP contribution < -0.4 is 0 Å². The number of halogens is 7. The van der Waals surface area contributed by atoms with Crippen molar-refractivity contribution in [3.8, 4) is 0 Å². The summed E-state index contributed by atoms with van der Waals surface area (Å²) >= 11 is 39.6. The minimum absolute atomic E-state index is 0.204. The first-order valence-corrected chi connectivity index (χ1v) is 6.71. The Labute approximate surface area is 119 Å². The largest absolute Gasteiger partial charge is 0.192 e. The van der Waals surface area contributed by atoms with E-state index in [9.17, 15) is 0 Å². The fraction of sp³-hybridized carbons (Fsp3) is 1.00. The van der Waals surface area contributed by atoms with Gasteiger partial charge in [0.1, 0.15) is 4.84 Å². The molecule has 0 aromatic heterocycles. The van der Waals surface area contributed by atoms with E-state index in [1.807, 2.05) is 0 Å². The standard InChI is InChI=1S/C7H9Cl7/c8-4(2-6(10)11)1-5(9)3-7(12,13)14/h4-6H,1-3H2. The highest BCUT2D eigenvalue weighted by atomic mass is 35.6. The predicted octanol–water partition coefficient (Wildman–Crippen LogP) is 5.55. The van der Waals surface area contributed by atoms with E-state index in [1.165, 1.54) is 0 Å². The molecule has 0 aliphatic carbocycles. The molecule has 0 bridgehead atoms. The third-order valence-corrected chi connectivity index (χ3v) is 2.91. The average Bonchev–Trinajstić information content (AvgIpc) is 1.77. The quantitative estimate of drug-likeness (QED) is 0.576. The van der Waals surface area contributed by atoms with Crippen LogP contribution in [0.15, 0.2) is 0 Å². The molecule has 7 heteroatoms. The molecule has 0 saturated heterocycles. The van der Waals surface area contributed by atoms with Gasteiger partial charge in [-0.15, -0.1) is 46.4 Å². The van der Waals surface area contributed by atoms with Crippen LogP contribution in [0.4, 0.5) is 0 Å². The predicted molar refractivity (Wildman–Crippen MR) is 68.9 cm³/mol. The zero-order valence-corrected chi connectivity index (χ0v) is 12.3. The fourth-order valence-electron chi connectivity index (χ4n) is 0.902. The van der Waals surface area contributed by atoms with E-state index in [4.69, 9.17) is 81.2 Å². The van der Waals surface area contributed by atoms with Gasteiger partial charge in [-0.1, -0.05) is 34.8 Å². The lowest BCUT2D eigenvalue weighted by atomic mass is 10.1. The molecule has 0 fully saturated rings. The molecule has 86 valence electrons. The molecule has 0 amide bonds. The van der Waals surface area contributed by atoms with E-state index < -0.39 is 8.63 Å². The summed E-state index contributed by atoms with van der Waals surface area (Å²) in [5.41, 5.74) is 0. The number of hydrogen-bond acceptors (Lipinski definition) is 0. The molecule has 0 N–H and O–H groups in total. The Hall–Kier alpha value is 2.03. The highest BCUT2D eigenvalue weighted by Crippen LogP contribution is 2.35. The highest BCUT2D eigenvalue weighted by Gasteiger charge is 2.26. The molecule has 0 heterocycles. The first-order valence-electron chi connectivity index (χ1n) is 3.83. The molecule has 2 atom stereocenters. The monoisotopic (exact) mass is 338 g/mol. The first kappa shape index (κ1) is 16.0. The second-order valence-electron chi connectivity index (χ2n) is 2.88. The molecule has 0 aromatic carbocycles. The van der Waals surface area contributed by atoms with E-state index in [2.05, 4.69) is 0 Å². The van der Waals surface area contributed by atoms with Crippen LogP contribution in [0, 0.1) is 0 Å². The lowest BCUT2D eigenvalue weighted by Crippen LogP contribution is -2.17. The smallest absolute Gasteiger partial charge is 0.123 e. The Morgan fingerprint density at radius 2 is 1.29 bits per heavy atom. The van der Waals surface area contributed by atoms with Crippen LogP contribution in [0.2, 0.25) is 0 Å². The Kier molecular flexibility index (Phi) is 8.44. The molecule has 0 aromatic rings. The van der Waals surface area contributed by atoms with Gasteiger partial charge in [0, 0.05) is 17.2 Å². The highest BCUT2D eigenvalue weighted by molar-refractivity contribution is 6.67. The fourth-order valence-corrected chi connectivity index (χ4v) is 3.24. The van der Waals surface area contributed by atoms with Crippen LogP contribution in [0.1, 0.15) is 19.3 Å². The topological polar surface area (TPSA) is 0 Å². The molecule has 0 saturated carbocycles. The molecule has 2 unspecified atom stereocenters. The van der Waals surface area contributed by atoms with Gasteiger partial charge in [-0.2, -0.15) is 0 Å². The van der Waals surface area contributed by atoms with Crippen LogP contribution in [-0.2, 0) is 0 Å². The maximum Gasteiger partial charge on any atom is 0.192 e. The van der Waals surface area contributed by atoms with E-state index >= 15 is 0 Å². The van der Waals surface area contributed by atoms with Crippen molar-refractivity contribution in [1.82, 2.24) is 0 Å². The zero-order valence-electron chi connectivity index (χ0n) is 7.00. The van der Waals surface area contributed by atoms with Gasteiger partial charge >= 0.3 is 0 Å². The molecule has 0 aliphatic rings. The van der Waals surface area contributed by atoms with Gasteiger partial charge < -0.3 is 0 Å². The van der Waals surface area contributed by atoms with Crippen LogP contribution >= 0.6 is 81.2 Å². The molecule has 0 radical (unpaired) electrons. The summed E-state index contributed by atoms with van der Waals surface area (Å²) in [6.07, 6.45) is 1.22. The van der Waals surface area contributed by atoms with Gasteiger partial charge in [0.05, 0.1) is 0 Å². The Bertz CT molecular complexity index is 153. The van der Waals surface area contributed by atoms with Crippen LogP contribution in [-0.4, -0.2) is 19.4 Å². The minimum Gasteiger partial charge on any atom is -0.123 e. The first-order chi connectivity index (χ1) is 6.20. The Morgan fingerprint density at radius 3 is 1.64 bits per heavy atom. The van der Waals surface area contributed by atoms with Crippen molar-refractivity contribution in [1.29, 1.82) is 0 Å². The van der Waals surface area contributed by atoms with Gasteiger partial charge in [0.25, 0.3) is 0 Å². The second kappa shape index (κ2) is 7.37. The van der Waals surface area contributed by atoms with Crippen molar-refractivity contribution in [2.24, 2.45) is 0 Å². The molecular formula is C7H9Cl7. The molecule has 0 rings (SSSR count). The van der Waals surface area contributed by atoms with Crippen molar-refractivity contribution < 1.29 is 0 Å². The Balaban J connectivity index is 3.76. The maximum atomic E-state index is 5.92. The third-order valence-electron chi connectivity index (χ3n) is 1.40. The van der Waals surface area contributed by atoms with E-state index in [0.717, 1.165) is 0 Å². The lowest BCUT2D eigenvalue weighted by Gasteiger charge is -2.18. The molecule has 0 aliphatic heterocycles. The van der Waals surface area contributed by atoms with Crippen molar-refractivity contribution in [2.45, 2.75) is 38.6 Å². The van der Waals surface area contributed by atoms with Crippen LogP contribution in [0.3, 0.4) is 0 Å². The summed E-state index contributed by atoms with van der Waals surface area (Å²) in [6.45, 7) is 0. The zero-order chi connectivity index (χ0) is 11.4. The van der Waals surface area contributed by atoms with E-state index in [-0.39, 0.29) is 17.2 Å². The van der Waals surface area contributed by atoms with Gasteiger partial charge in [-0.3, -0.25) is 0 Å². The average molecular weight is 341 g/mol. The SMILES string of the molecule is ClC(Cl)CC(Cl)CC(Cl)CC(Cl)(Cl)Cl. The summed E-state index contributed by atoms with van der Waals surface area (Å²) < 4.78 is -1.34. The number of alkyl halides is 7. The van der Waals surface area contributed by atoms with Crippen molar-refractivity contribution >= 4 is 81.2 Å². The van der Waals surface area contributed by atoms with Gasteiger partial charge in [-0.05, 0) is 12.8 Å². The molecule has 14 heavy (non-hydrogen) atoms. The van der Waals surface area contributed by atoms with Gasteiger partial charge in [0.15, 0.2) is 3.79 Å². The van der Waals surface area contributed by atoms with E-state index in [0.29, 0.717) is 12.8 Å². The summed E-state index contributed by atoms with van der Waals surface area (Å²) in [5, 5.41) is -0.498. The molecular weight excluding hydrogens is 332 g/mol. The summed E-state index contributed by atoms with van der Waals surface area (Å²) in [6, 6.07) is 0. The maximum absolute atomic E-state index is 5.92.